The number of carboxylic acid groups (broad SMARTS) is 1. The van der Waals surface area contributed by atoms with Crippen LogP contribution in [-0.4, -0.2) is 31.7 Å². The number of aliphatic hydroxyl groups is 1. The number of imidazole rings is 1. The van der Waals surface area contributed by atoms with E-state index in [9.17, 15) is 13.6 Å². The van der Waals surface area contributed by atoms with Gasteiger partial charge in [-0.05, 0) is 0 Å². The quantitative estimate of drug-likeness (QED) is 0.739. The highest BCUT2D eigenvalue weighted by Gasteiger charge is 2.49. The molecule has 1 aromatic heterocycles. The summed E-state index contributed by atoms with van der Waals surface area (Å²) in [7, 11) is 1.38. The van der Waals surface area contributed by atoms with Crippen LogP contribution < -0.4 is 0 Å². The van der Waals surface area contributed by atoms with Gasteiger partial charge >= 0.3 is 11.9 Å². The highest BCUT2D eigenvalue weighted by atomic mass is 19.3. The van der Waals surface area contributed by atoms with E-state index in [1.54, 1.807) is 0 Å². The van der Waals surface area contributed by atoms with Crippen molar-refractivity contribution in [3.63, 3.8) is 0 Å². The van der Waals surface area contributed by atoms with Gasteiger partial charge in [0.05, 0.1) is 0 Å². The lowest BCUT2D eigenvalue weighted by molar-refractivity contribution is -0.184. The van der Waals surface area contributed by atoms with E-state index in [1.165, 1.54) is 19.4 Å². The maximum atomic E-state index is 12.8. The van der Waals surface area contributed by atoms with Crippen molar-refractivity contribution in [1.29, 1.82) is 0 Å². The Kier molecular flexibility index (Phi) is 2.52. The van der Waals surface area contributed by atoms with Crippen LogP contribution in [-0.2, 0) is 11.8 Å². The van der Waals surface area contributed by atoms with Crippen LogP contribution in [0.15, 0.2) is 12.4 Å². The molecule has 0 aliphatic rings. The van der Waals surface area contributed by atoms with Gasteiger partial charge in [-0.25, -0.2) is 9.78 Å². The van der Waals surface area contributed by atoms with E-state index in [2.05, 4.69) is 4.98 Å². The number of nitrogens with zero attached hydrogens (tertiary/aromatic N) is 2. The highest BCUT2D eigenvalue weighted by Crippen LogP contribution is 2.30. The number of aryl methyl sites for hydroxylation is 1. The Bertz CT molecular complexity index is 350. The third-order valence-corrected chi connectivity index (χ3v) is 1.73. The Morgan fingerprint density at radius 3 is 2.64 bits per heavy atom. The summed E-state index contributed by atoms with van der Waals surface area (Å²) in [5.74, 6) is -7.01. The van der Waals surface area contributed by atoms with E-state index in [-0.39, 0.29) is 0 Å². The highest BCUT2D eigenvalue weighted by molar-refractivity contribution is 5.76. The molecule has 1 heterocycles. The van der Waals surface area contributed by atoms with Gasteiger partial charge in [-0.3, -0.25) is 0 Å². The van der Waals surface area contributed by atoms with Gasteiger partial charge in [-0.1, -0.05) is 0 Å². The third-order valence-electron chi connectivity index (χ3n) is 1.73. The standard InChI is InChI=1S/C7H8F2N2O3/c1-11-3-2-10-5(11)4(12)7(8,9)6(13)14/h2-4,12H,1H3,(H,13,14). The smallest absolute Gasteiger partial charge is 0.377 e. The van der Waals surface area contributed by atoms with Crippen LogP contribution in [0.1, 0.15) is 11.9 Å². The fraction of sp³-hybridized carbons (Fsp3) is 0.429. The summed E-state index contributed by atoms with van der Waals surface area (Å²) in [6, 6.07) is 0. The van der Waals surface area contributed by atoms with Crippen molar-refractivity contribution < 1.29 is 23.8 Å². The molecule has 0 saturated heterocycles. The average Bonchev–Trinajstić information content (AvgIpc) is 2.49. The number of rotatable bonds is 3. The summed E-state index contributed by atoms with van der Waals surface area (Å²) in [5.41, 5.74) is 0. The Morgan fingerprint density at radius 2 is 2.29 bits per heavy atom. The normalized spacial score (nSPS) is 14.0. The molecular weight excluding hydrogens is 198 g/mol. The number of halogens is 2. The second-order valence-corrected chi connectivity index (χ2v) is 2.73. The molecule has 0 aromatic carbocycles. The molecule has 14 heavy (non-hydrogen) atoms. The number of carboxylic acids is 1. The van der Waals surface area contributed by atoms with Crippen molar-refractivity contribution in [3.05, 3.63) is 18.2 Å². The zero-order valence-corrected chi connectivity index (χ0v) is 7.19. The van der Waals surface area contributed by atoms with Crippen LogP contribution >= 0.6 is 0 Å². The average molecular weight is 206 g/mol. The maximum Gasteiger partial charge on any atom is 0.377 e. The Balaban J connectivity index is 3.02. The molecule has 0 fully saturated rings. The molecule has 1 rings (SSSR count). The number of aliphatic carboxylic acids is 1. The van der Waals surface area contributed by atoms with Gasteiger partial charge in [0.25, 0.3) is 0 Å². The van der Waals surface area contributed by atoms with Crippen molar-refractivity contribution >= 4 is 5.97 Å². The molecule has 1 atom stereocenters. The number of carbonyl (C=O) groups is 1. The number of hydrogen-bond donors (Lipinski definition) is 2. The van der Waals surface area contributed by atoms with Crippen LogP contribution in [0.5, 0.6) is 0 Å². The molecule has 7 heteroatoms. The SMILES string of the molecule is Cn1ccnc1C(O)C(F)(F)C(=O)O. The maximum absolute atomic E-state index is 12.8. The van der Waals surface area contributed by atoms with E-state index in [1.807, 2.05) is 0 Å². The van der Waals surface area contributed by atoms with Gasteiger partial charge in [0, 0.05) is 19.4 Å². The predicted molar refractivity (Wildman–Crippen MR) is 40.8 cm³/mol. The Hall–Kier alpha value is -1.50. The molecule has 0 saturated carbocycles. The first-order valence-corrected chi connectivity index (χ1v) is 3.64. The largest absolute Gasteiger partial charge is 0.477 e. The number of hydrogen-bond acceptors (Lipinski definition) is 3. The van der Waals surface area contributed by atoms with E-state index in [0.29, 0.717) is 0 Å². The van der Waals surface area contributed by atoms with Crippen LogP contribution in [0.3, 0.4) is 0 Å². The second kappa shape index (κ2) is 3.33. The van der Waals surface area contributed by atoms with E-state index in [4.69, 9.17) is 10.2 Å². The van der Waals surface area contributed by atoms with E-state index >= 15 is 0 Å². The summed E-state index contributed by atoms with van der Waals surface area (Å²) in [4.78, 5) is 13.6. The Morgan fingerprint density at radius 1 is 1.71 bits per heavy atom. The minimum atomic E-state index is -4.24. The first kappa shape index (κ1) is 10.6. The number of aromatic nitrogens is 2. The summed E-state index contributed by atoms with van der Waals surface area (Å²) in [5, 5.41) is 17.2. The van der Waals surface area contributed by atoms with Crippen LogP contribution in [0.2, 0.25) is 0 Å². The molecule has 2 N–H and O–H groups in total. The molecule has 78 valence electrons. The number of aliphatic hydroxyl groups excluding tert-OH is 1. The number of alkyl halides is 2. The monoisotopic (exact) mass is 206 g/mol. The van der Waals surface area contributed by atoms with Crippen LogP contribution in [0.4, 0.5) is 8.78 Å². The molecule has 0 bridgehead atoms. The van der Waals surface area contributed by atoms with E-state index in [0.717, 1.165) is 4.57 Å². The fourth-order valence-electron chi connectivity index (χ4n) is 0.920. The van der Waals surface area contributed by atoms with Crippen molar-refractivity contribution in [1.82, 2.24) is 9.55 Å². The predicted octanol–water partition coefficient (Wildman–Crippen LogP) is 0.173. The van der Waals surface area contributed by atoms with Crippen molar-refractivity contribution in [2.45, 2.75) is 12.0 Å². The minimum absolute atomic E-state index is 0.391. The summed E-state index contributed by atoms with van der Waals surface area (Å²) < 4.78 is 26.7. The molecular formula is C7H8F2N2O3. The zero-order chi connectivity index (χ0) is 10.9. The molecule has 0 radical (unpaired) electrons. The van der Waals surface area contributed by atoms with E-state index < -0.39 is 23.8 Å². The molecule has 1 unspecified atom stereocenters. The van der Waals surface area contributed by atoms with Gasteiger partial charge in [0.15, 0.2) is 6.10 Å². The second-order valence-electron chi connectivity index (χ2n) is 2.73. The zero-order valence-electron chi connectivity index (χ0n) is 7.19. The first-order chi connectivity index (χ1) is 6.37. The molecule has 0 aliphatic carbocycles. The van der Waals surface area contributed by atoms with Crippen molar-refractivity contribution in [2.24, 2.45) is 7.05 Å². The Labute approximate surface area is 77.6 Å². The fourth-order valence-corrected chi connectivity index (χ4v) is 0.920. The molecule has 0 spiro atoms. The topological polar surface area (TPSA) is 75.3 Å². The third kappa shape index (κ3) is 1.58. The molecule has 1 aromatic rings. The lowest BCUT2D eigenvalue weighted by atomic mass is 10.2. The first-order valence-electron chi connectivity index (χ1n) is 3.64. The summed E-state index contributed by atoms with van der Waals surface area (Å²) in [6.07, 6.45) is 0.0764. The van der Waals surface area contributed by atoms with Gasteiger partial charge in [-0.2, -0.15) is 8.78 Å². The summed E-state index contributed by atoms with van der Waals surface area (Å²) in [6.45, 7) is 0. The summed E-state index contributed by atoms with van der Waals surface area (Å²) >= 11 is 0. The van der Waals surface area contributed by atoms with Gasteiger partial charge in [-0.15, -0.1) is 0 Å². The van der Waals surface area contributed by atoms with Crippen molar-refractivity contribution in [3.8, 4) is 0 Å². The van der Waals surface area contributed by atoms with Gasteiger partial charge < -0.3 is 14.8 Å². The molecule has 0 amide bonds. The van der Waals surface area contributed by atoms with Crippen LogP contribution in [0.25, 0.3) is 0 Å². The van der Waals surface area contributed by atoms with Crippen molar-refractivity contribution in [2.75, 3.05) is 0 Å². The van der Waals surface area contributed by atoms with Crippen LogP contribution in [0, 0.1) is 0 Å². The lowest BCUT2D eigenvalue weighted by Gasteiger charge is -2.17. The van der Waals surface area contributed by atoms with Gasteiger partial charge in [0.1, 0.15) is 5.82 Å². The lowest BCUT2D eigenvalue weighted by Crippen LogP contribution is -2.36. The molecule has 5 nitrogen and oxygen atoms in total. The molecule has 0 aliphatic heterocycles. The van der Waals surface area contributed by atoms with Gasteiger partial charge in [0.2, 0.25) is 0 Å². The minimum Gasteiger partial charge on any atom is -0.477 e.